The highest BCUT2D eigenvalue weighted by Crippen LogP contribution is 2.36. The standard InChI is InChI=1S/C16H25N3O2/c1-4-21-16(5-7-20-8-6-16)15-18-13-10-17-9-12(13)14(19-15)11(2)3/h11,17H,4-10H2,1-3H3. The fourth-order valence-corrected chi connectivity index (χ4v) is 3.29. The third-order valence-corrected chi connectivity index (χ3v) is 4.39. The molecule has 0 spiro atoms. The summed E-state index contributed by atoms with van der Waals surface area (Å²) < 4.78 is 11.6. The molecule has 2 aliphatic rings. The first-order valence-electron chi connectivity index (χ1n) is 7.99. The molecule has 1 fully saturated rings. The molecule has 5 heteroatoms. The lowest BCUT2D eigenvalue weighted by Gasteiger charge is -2.36. The molecule has 3 heterocycles. The Bertz CT molecular complexity index is 505. The summed E-state index contributed by atoms with van der Waals surface area (Å²) in [6.45, 7) is 10.3. The van der Waals surface area contributed by atoms with Gasteiger partial charge in [-0.3, -0.25) is 0 Å². The van der Waals surface area contributed by atoms with E-state index in [2.05, 4.69) is 19.2 Å². The molecule has 116 valence electrons. The maximum Gasteiger partial charge on any atom is 0.161 e. The Morgan fingerprint density at radius 1 is 1.24 bits per heavy atom. The van der Waals surface area contributed by atoms with Crippen molar-refractivity contribution in [2.24, 2.45) is 0 Å². The first-order chi connectivity index (χ1) is 10.2. The number of nitrogens with one attached hydrogen (secondary N) is 1. The van der Waals surface area contributed by atoms with Crippen molar-refractivity contribution < 1.29 is 9.47 Å². The highest BCUT2D eigenvalue weighted by atomic mass is 16.5. The van der Waals surface area contributed by atoms with Crippen LogP contribution in [0.1, 0.15) is 62.3 Å². The van der Waals surface area contributed by atoms with Crippen LogP contribution in [0.4, 0.5) is 0 Å². The van der Waals surface area contributed by atoms with Gasteiger partial charge < -0.3 is 14.8 Å². The lowest BCUT2D eigenvalue weighted by Crippen LogP contribution is -2.39. The van der Waals surface area contributed by atoms with Crippen LogP contribution >= 0.6 is 0 Å². The van der Waals surface area contributed by atoms with Crippen molar-refractivity contribution in [2.75, 3.05) is 19.8 Å². The van der Waals surface area contributed by atoms with Crippen molar-refractivity contribution in [1.29, 1.82) is 0 Å². The summed E-state index contributed by atoms with van der Waals surface area (Å²) in [4.78, 5) is 9.78. The smallest absolute Gasteiger partial charge is 0.161 e. The van der Waals surface area contributed by atoms with Crippen LogP contribution in [0.5, 0.6) is 0 Å². The Hall–Kier alpha value is -1.04. The van der Waals surface area contributed by atoms with Gasteiger partial charge in [-0.1, -0.05) is 13.8 Å². The number of aromatic nitrogens is 2. The zero-order chi connectivity index (χ0) is 14.9. The second-order valence-corrected chi connectivity index (χ2v) is 6.16. The van der Waals surface area contributed by atoms with Crippen molar-refractivity contribution in [2.45, 2.75) is 58.2 Å². The van der Waals surface area contributed by atoms with E-state index < -0.39 is 0 Å². The molecule has 0 atom stereocenters. The molecule has 3 rings (SSSR count). The van der Waals surface area contributed by atoms with Crippen LogP contribution in [0.3, 0.4) is 0 Å². The van der Waals surface area contributed by atoms with Gasteiger partial charge in [0.15, 0.2) is 5.82 Å². The average Bonchev–Trinajstić information content (AvgIpc) is 2.95. The molecule has 1 aromatic heterocycles. The molecule has 1 aromatic rings. The van der Waals surface area contributed by atoms with Gasteiger partial charge in [0, 0.05) is 51.3 Å². The van der Waals surface area contributed by atoms with E-state index in [-0.39, 0.29) is 5.60 Å². The predicted octanol–water partition coefficient (Wildman–Crippen LogP) is 2.25. The van der Waals surface area contributed by atoms with E-state index in [0.717, 1.165) is 50.7 Å². The average molecular weight is 291 g/mol. The zero-order valence-electron chi connectivity index (χ0n) is 13.2. The monoisotopic (exact) mass is 291 g/mol. The van der Waals surface area contributed by atoms with E-state index in [1.807, 2.05) is 6.92 Å². The summed E-state index contributed by atoms with van der Waals surface area (Å²) in [5.74, 6) is 1.26. The number of nitrogens with zero attached hydrogens (tertiary/aromatic N) is 2. The van der Waals surface area contributed by atoms with E-state index in [4.69, 9.17) is 19.4 Å². The molecule has 0 aromatic carbocycles. The van der Waals surface area contributed by atoms with Crippen molar-refractivity contribution in [1.82, 2.24) is 15.3 Å². The summed E-state index contributed by atoms with van der Waals surface area (Å²) in [5, 5.41) is 3.39. The van der Waals surface area contributed by atoms with Gasteiger partial charge in [-0.15, -0.1) is 0 Å². The van der Waals surface area contributed by atoms with E-state index in [1.165, 1.54) is 11.3 Å². The van der Waals surface area contributed by atoms with E-state index in [9.17, 15) is 0 Å². The van der Waals surface area contributed by atoms with Crippen LogP contribution in [0.15, 0.2) is 0 Å². The second-order valence-electron chi connectivity index (χ2n) is 6.16. The quantitative estimate of drug-likeness (QED) is 0.922. The molecule has 0 bridgehead atoms. The normalized spacial score (nSPS) is 20.8. The molecular formula is C16H25N3O2. The molecule has 0 radical (unpaired) electrons. The largest absolute Gasteiger partial charge is 0.381 e. The minimum Gasteiger partial charge on any atom is -0.381 e. The first kappa shape index (κ1) is 14.9. The topological polar surface area (TPSA) is 56.3 Å². The minimum absolute atomic E-state index is 0.367. The molecule has 21 heavy (non-hydrogen) atoms. The SMILES string of the molecule is CCOC1(c2nc3c(c(C(C)C)n2)CNC3)CCOCC1. The molecule has 0 amide bonds. The van der Waals surface area contributed by atoms with Gasteiger partial charge in [0.1, 0.15) is 5.60 Å². The van der Waals surface area contributed by atoms with Crippen molar-refractivity contribution in [3.05, 3.63) is 22.8 Å². The minimum atomic E-state index is -0.367. The van der Waals surface area contributed by atoms with Crippen molar-refractivity contribution >= 4 is 0 Å². The molecule has 1 N–H and O–H groups in total. The fourth-order valence-electron chi connectivity index (χ4n) is 3.29. The summed E-state index contributed by atoms with van der Waals surface area (Å²) in [6, 6.07) is 0. The molecule has 0 saturated carbocycles. The Morgan fingerprint density at radius 2 is 2.00 bits per heavy atom. The third-order valence-electron chi connectivity index (χ3n) is 4.39. The van der Waals surface area contributed by atoms with Gasteiger partial charge >= 0.3 is 0 Å². The van der Waals surface area contributed by atoms with Crippen LogP contribution in [-0.4, -0.2) is 29.8 Å². The summed E-state index contributed by atoms with van der Waals surface area (Å²) in [5.41, 5.74) is 3.24. The number of hydrogen-bond donors (Lipinski definition) is 1. The number of hydrogen-bond acceptors (Lipinski definition) is 5. The van der Waals surface area contributed by atoms with Crippen LogP contribution in [0.2, 0.25) is 0 Å². The van der Waals surface area contributed by atoms with Gasteiger partial charge in [0.2, 0.25) is 0 Å². The molecular weight excluding hydrogens is 266 g/mol. The van der Waals surface area contributed by atoms with Gasteiger partial charge in [-0.05, 0) is 12.8 Å². The van der Waals surface area contributed by atoms with Crippen LogP contribution in [-0.2, 0) is 28.2 Å². The van der Waals surface area contributed by atoms with Crippen LogP contribution in [0, 0.1) is 0 Å². The van der Waals surface area contributed by atoms with Gasteiger partial charge in [-0.2, -0.15) is 0 Å². The predicted molar refractivity (Wildman–Crippen MR) is 80.0 cm³/mol. The summed E-state index contributed by atoms with van der Waals surface area (Å²) in [6.07, 6.45) is 1.68. The summed E-state index contributed by atoms with van der Waals surface area (Å²) >= 11 is 0. The second kappa shape index (κ2) is 5.99. The fraction of sp³-hybridized carbons (Fsp3) is 0.750. The molecule has 0 unspecified atom stereocenters. The Balaban J connectivity index is 2.06. The lowest BCUT2D eigenvalue weighted by molar-refractivity contribution is -0.118. The van der Waals surface area contributed by atoms with E-state index in [0.29, 0.717) is 12.5 Å². The Labute approximate surface area is 126 Å². The highest BCUT2D eigenvalue weighted by molar-refractivity contribution is 5.32. The van der Waals surface area contributed by atoms with Crippen LogP contribution in [0.25, 0.3) is 0 Å². The summed E-state index contributed by atoms with van der Waals surface area (Å²) in [7, 11) is 0. The van der Waals surface area contributed by atoms with Crippen molar-refractivity contribution in [3.63, 3.8) is 0 Å². The molecule has 0 aliphatic carbocycles. The first-order valence-corrected chi connectivity index (χ1v) is 7.99. The van der Waals surface area contributed by atoms with Gasteiger partial charge in [-0.25, -0.2) is 9.97 Å². The maximum atomic E-state index is 6.13. The number of rotatable bonds is 4. The lowest BCUT2D eigenvalue weighted by atomic mass is 9.91. The Morgan fingerprint density at radius 3 is 2.67 bits per heavy atom. The van der Waals surface area contributed by atoms with Gasteiger partial charge in [0.05, 0.1) is 11.4 Å². The highest BCUT2D eigenvalue weighted by Gasteiger charge is 2.39. The Kier molecular flexibility index (Phi) is 4.24. The number of ether oxygens (including phenoxy) is 2. The van der Waals surface area contributed by atoms with E-state index >= 15 is 0 Å². The van der Waals surface area contributed by atoms with Crippen molar-refractivity contribution in [3.8, 4) is 0 Å². The van der Waals surface area contributed by atoms with Crippen LogP contribution < -0.4 is 5.32 Å². The molecule has 1 saturated heterocycles. The van der Waals surface area contributed by atoms with E-state index in [1.54, 1.807) is 0 Å². The maximum absolute atomic E-state index is 6.13. The zero-order valence-corrected chi connectivity index (χ0v) is 13.2. The molecule has 5 nitrogen and oxygen atoms in total. The molecule has 2 aliphatic heterocycles. The number of fused-ring (bicyclic) bond motifs is 1. The third kappa shape index (κ3) is 2.70. The van der Waals surface area contributed by atoms with Gasteiger partial charge in [0.25, 0.3) is 0 Å².